The Morgan fingerprint density at radius 2 is 2.33 bits per heavy atom. The van der Waals surface area contributed by atoms with E-state index in [0.29, 0.717) is 5.56 Å². The molecule has 1 N–H and O–H groups in total. The lowest BCUT2D eigenvalue weighted by atomic mass is 10.1. The molecule has 1 unspecified atom stereocenters. The zero-order valence-corrected chi connectivity index (χ0v) is 7.68. The van der Waals surface area contributed by atoms with Crippen LogP contribution in [0.15, 0.2) is 29.3 Å². The molecule has 1 rings (SSSR count). The van der Waals surface area contributed by atoms with Crippen molar-refractivity contribution in [3.8, 4) is 0 Å². The number of carboxylic acids is 1. The van der Waals surface area contributed by atoms with Crippen LogP contribution in [0.4, 0.5) is 4.39 Å². The lowest BCUT2D eigenvalue weighted by molar-refractivity contribution is -0.138. The van der Waals surface area contributed by atoms with Crippen molar-refractivity contribution < 1.29 is 19.1 Å². The molecule has 0 amide bonds. The Bertz CT molecular complexity index is 411. The van der Waals surface area contributed by atoms with Crippen LogP contribution in [0.2, 0.25) is 0 Å². The van der Waals surface area contributed by atoms with Gasteiger partial charge in [0.2, 0.25) is 6.08 Å². The zero-order chi connectivity index (χ0) is 11.3. The highest BCUT2D eigenvalue weighted by molar-refractivity contribution is 5.75. The van der Waals surface area contributed by atoms with Crippen molar-refractivity contribution >= 4 is 12.0 Å². The Hall–Kier alpha value is -2.00. The topological polar surface area (TPSA) is 66.7 Å². The molecule has 0 bridgehead atoms. The van der Waals surface area contributed by atoms with Crippen molar-refractivity contribution in [3.63, 3.8) is 0 Å². The molecule has 0 heterocycles. The molecule has 0 fully saturated rings. The molecule has 0 spiro atoms. The summed E-state index contributed by atoms with van der Waals surface area (Å²) in [5, 5.41) is 8.67. The summed E-state index contributed by atoms with van der Waals surface area (Å²) in [7, 11) is 0. The molecule has 5 heteroatoms. The number of halogens is 1. The smallest absolute Gasteiger partial charge is 0.329 e. The summed E-state index contributed by atoms with van der Waals surface area (Å²) in [4.78, 5) is 23.7. The van der Waals surface area contributed by atoms with Gasteiger partial charge in [0.05, 0.1) is 0 Å². The third-order valence-electron chi connectivity index (χ3n) is 1.81. The van der Waals surface area contributed by atoms with Crippen LogP contribution in [-0.2, 0) is 16.0 Å². The van der Waals surface area contributed by atoms with E-state index in [2.05, 4.69) is 4.99 Å². The van der Waals surface area contributed by atoms with Crippen molar-refractivity contribution in [2.45, 2.75) is 12.5 Å². The van der Waals surface area contributed by atoms with Crippen LogP contribution in [0.3, 0.4) is 0 Å². The Morgan fingerprint density at radius 3 is 2.87 bits per heavy atom. The quantitative estimate of drug-likeness (QED) is 0.597. The van der Waals surface area contributed by atoms with E-state index in [1.807, 2.05) is 0 Å². The van der Waals surface area contributed by atoms with Gasteiger partial charge in [0.1, 0.15) is 5.82 Å². The summed E-state index contributed by atoms with van der Waals surface area (Å²) in [6.45, 7) is 0. The molecule has 4 nitrogen and oxygen atoms in total. The number of aliphatic carboxylic acids is 1. The Balaban J connectivity index is 2.83. The molecule has 0 aromatic heterocycles. The van der Waals surface area contributed by atoms with Gasteiger partial charge in [-0.3, -0.25) is 0 Å². The molecular weight excluding hydrogens is 201 g/mol. The molecule has 0 radical (unpaired) electrons. The number of benzene rings is 1. The summed E-state index contributed by atoms with van der Waals surface area (Å²) < 4.78 is 12.7. The van der Waals surface area contributed by atoms with E-state index in [9.17, 15) is 14.0 Å². The number of carbonyl (C=O) groups is 1. The molecular formula is C10H8FNO3. The van der Waals surface area contributed by atoms with E-state index >= 15 is 0 Å². The monoisotopic (exact) mass is 209 g/mol. The van der Waals surface area contributed by atoms with Crippen molar-refractivity contribution in [1.29, 1.82) is 0 Å². The van der Waals surface area contributed by atoms with Gasteiger partial charge in [0.25, 0.3) is 0 Å². The predicted octanol–water partition coefficient (Wildman–Crippen LogP) is 1.16. The summed E-state index contributed by atoms with van der Waals surface area (Å²) in [5.74, 6) is -1.69. The number of rotatable bonds is 4. The molecule has 1 aromatic rings. The summed E-state index contributed by atoms with van der Waals surface area (Å²) in [6, 6.07) is 4.29. The summed E-state index contributed by atoms with van der Waals surface area (Å²) >= 11 is 0. The molecule has 1 atom stereocenters. The first-order valence-corrected chi connectivity index (χ1v) is 4.17. The van der Waals surface area contributed by atoms with E-state index in [1.165, 1.54) is 24.3 Å². The second-order valence-electron chi connectivity index (χ2n) is 2.91. The molecule has 0 aliphatic carbocycles. The minimum Gasteiger partial charge on any atom is -0.480 e. The van der Waals surface area contributed by atoms with E-state index in [-0.39, 0.29) is 6.42 Å². The van der Waals surface area contributed by atoms with E-state index in [1.54, 1.807) is 6.07 Å². The number of nitrogens with zero attached hydrogens (tertiary/aromatic N) is 1. The number of carbonyl (C=O) groups excluding carboxylic acids is 1. The maximum Gasteiger partial charge on any atom is 0.329 e. The highest BCUT2D eigenvalue weighted by atomic mass is 19.1. The fraction of sp³-hybridized carbons (Fsp3) is 0.200. The predicted molar refractivity (Wildman–Crippen MR) is 49.6 cm³/mol. The molecule has 0 aliphatic heterocycles. The van der Waals surface area contributed by atoms with Gasteiger partial charge in [-0.2, -0.15) is 4.99 Å². The van der Waals surface area contributed by atoms with Crippen LogP contribution in [0, 0.1) is 5.82 Å². The molecule has 0 saturated carbocycles. The third-order valence-corrected chi connectivity index (χ3v) is 1.81. The van der Waals surface area contributed by atoms with Crippen LogP contribution in [0.5, 0.6) is 0 Å². The SMILES string of the molecule is O=C=NC(Cc1cccc(F)c1)C(=O)O. The van der Waals surface area contributed by atoms with Crippen molar-refractivity contribution in [3.05, 3.63) is 35.6 Å². The molecule has 0 aliphatic rings. The van der Waals surface area contributed by atoms with E-state index < -0.39 is 17.8 Å². The van der Waals surface area contributed by atoms with E-state index in [4.69, 9.17) is 5.11 Å². The Kier molecular flexibility index (Phi) is 3.71. The fourth-order valence-corrected chi connectivity index (χ4v) is 1.14. The minimum absolute atomic E-state index is 0.0255. The number of aliphatic imine (C=N–C) groups is 1. The standard InChI is InChI=1S/C10H8FNO3/c11-8-3-1-2-7(4-8)5-9(10(14)15)12-6-13/h1-4,9H,5H2,(H,14,15). The van der Waals surface area contributed by atoms with Gasteiger partial charge in [0, 0.05) is 6.42 Å². The average molecular weight is 209 g/mol. The van der Waals surface area contributed by atoms with Crippen LogP contribution in [0.25, 0.3) is 0 Å². The van der Waals surface area contributed by atoms with Gasteiger partial charge in [-0.25, -0.2) is 14.0 Å². The molecule has 1 aromatic carbocycles. The van der Waals surface area contributed by atoms with Crippen LogP contribution >= 0.6 is 0 Å². The van der Waals surface area contributed by atoms with Crippen LogP contribution in [0.1, 0.15) is 5.56 Å². The lowest BCUT2D eigenvalue weighted by Crippen LogP contribution is -2.20. The van der Waals surface area contributed by atoms with Crippen LogP contribution < -0.4 is 0 Å². The van der Waals surface area contributed by atoms with Gasteiger partial charge in [-0.05, 0) is 17.7 Å². The van der Waals surface area contributed by atoms with Crippen molar-refractivity contribution in [1.82, 2.24) is 0 Å². The van der Waals surface area contributed by atoms with Gasteiger partial charge in [-0.15, -0.1) is 0 Å². The normalized spacial score (nSPS) is 11.5. The minimum atomic E-state index is -1.23. The van der Waals surface area contributed by atoms with Crippen molar-refractivity contribution in [2.75, 3.05) is 0 Å². The zero-order valence-electron chi connectivity index (χ0n) is 7.68. The van der Waals surface area contributed by atoms with Crippen molar-refractivity contribution in [2.24, 2.45) is 4.99 Å². The number of hydrogen-bond acceptors (Lipinski definition) is 3. The maximum absolute atomic E-state index is 12.7. The highest BCUT2D eigenvalue weighted by Crippen LogP contribution is 2.08. The number of carboxylic acid groups (broad SMARTS) is 1. The maximum atomic E-state index is 12.7. The second kappa shape index (κ2) is 5.02. The Morgan fingerprint density at radius 1 is 1.60 bits per heavy atom. The summed E-state index contributed by atoms with van der Waals surface area (Å²) in [6.07, 6.45) is 1.16. The van der Waals surface area contributed by atoms with E-state index in [0.717, 1.165) is 0 Å². The van der Waals surface area contributed by atoms with Gasteiger partial charge < -0.3 is 5.11 Å². The molecule has 78 valence electrons. The first-order chi connectivity index (χ1) is 7.13. The van der Waals surface area contributed by atoms with Gasteiger partial charge >= 0.3 is 5.97 Å². The van der Waals surface area contributed by atoms with Crippen LogP contribution in [-0.4, -0.2) is 23.2 Å². The summed E-state index contributed by atoms with van der Waals surface area (Å²) in [5.41, 5.74) is 0.474. The average Bonchev–Trinajstić information content (AvgIpc) is 2.17. The largest absolute Gasteiger partial charge is 0.480 e. The molecule has 0 saturated heterocycles. The first kappa shape index (κ1) is 11.1. The first-order valence-electron chi connectivity index (χ1n) is 4.17. The number of isocyanates is 1. The number of hydrogen-bond donors (Lipinski definition) is 1. The second-order valence-corrected chi connectivity index (χ2v) is 2.91. The van der Waals surface area contributed by atoms with Gasteiger partial charge in [-0.1, -0.05) is 12.1 Å². The fourth-order valence-electron chi connectivity index (χ4n) is 1.14. The highest BCUT2D eigenvalue weighted by Gasteiger charge is 2.16. The van der Waals surface area contributed by atoms with Gasteiger partial charge in [0.15, 0.2) is 6.04 Å². The third kappa shape index (κ3) is 3.32. The lowest BCUT2D eigenvalue weighted by Gasteiger charge is -2.04. The Labute approximate surface area is 85.1 Å². The molecule has 15 heavy (non-hydrogen) atoms.